The van der Waals surface area contributed by atoms with Gasteiger partial charge in [-0.25, -0.2) is 0 Å². The van der Waals surface area contributed by atoms with E-state index < -0.39 is 5.60 Å². The number of hydrogen-bond acceptors (Lipinski definition) is 4. The molecule has 5 heteroatoms. The highest BCUT2D eigenvalue weighted by Crippen LogP contribution is 2.27. The molecular weight excluding hydrogens is 316 g/mol. The third-order valence-electron chi connectivity index (χ3n) is 4.49. The zero-order valence-electron chi connectivity index (χ0n) is 16.5. The molecule has 0 unspecified atom stereocenters. The van der Waals surface area contributed by atoms with E-state index in [1.807, 2.05) is 26.8 Å². The zero-order valence-corrected chi connectivity index (χ0v) is 16.5. The maximum Gasteiger partial charge on any atom is 0.326 e. The number of carbonyl (C=O) groups excluding carboxylic acids is 2. The third kappa shape index (κ3) is 9.05. The Kier molecular flexibility index (Phi) is 9.19. The molecule has 1 aliphatic rings. The Labute approximate surface area is 153 Å². The summed E-state index contributed by atoms with van der Waals surface area (Å²) in [5, 5.41) is 3.36. The van der Waals surface area contributed by atoms with E-state index in [0.717, 1.165) is 19.4 Å². The average molecular weight is 353 g/mol. The van der Waals surface area contributed by atoms with Crippen molar-refractivity contribution in [1.82, 2.24) is 10.2 Å². The van der Waals surface area contributed by atoms with Gasteiger partial charge in [-0.05, 0) is 46.1 Å². The first kappa shape index (κ1) is 21.7. The van der Waals surface area contributed by atoms with E-state index in [9.17, 15) is 9.59 Å². The second-order valence-electron chi connectivity index (χ2n) is 8.10. The SMILES string of the molecule is C=CCCN[C@@H](CC1CCCCC1)C(=O)N(C)CC(=O)OC(C)(C)C. The average Bonchev–Trinajstić information content (AvgIpc) is 2.52. The fraction of sp³-hybridized carbons (Fsp3) is 0.800. The molecule has 1 atom stereocenters. The highest BCUT2D eigenvalue weighted by molar-refractivity contribution is 5.85. The third-order valence-corrected chi connectivity index (χ3v) is 4.49. The number of amides is 1. The number of rotatable bonds is 9. The lowest BCUT2D eigenvalue weighted by molar-refractivity contribution is -0.158. The first-order valence-corrected chi connectivity index (χ1v) is 9.54. The number of nitrogens with zero attached hydrogens (tertiary/aromatic N) is 1. The molecule has 1 rings (SSSR count). The lowest BCUT2D eigenvalue weighted by atomic mass is 9.84. The highest BCUT2D eigenvalue weighted by Gasteiger charge is 2.28. The first-order chi connectivity index (χ1) is 11.7. The van der Waals surface area contributed by atoms with Crippen LogP contribution >= 0.6 is 0 Å². The van der Waals surface area contributed by atoms with Crippen LogP contribution in [0.1, 0.15) is 65.7 Å². The number of carbonyl (C=O) groups is 2. The Hall–Kier alpha value is -1.36. The van der Waals surface area contributed by atoms with Crippen LogP contribution in [0.25, 0.3) is 0 Å². The van der Waals surface area contributed by atoms with E-state index in [0.29, 0.717) is 5.92 Å². The lowest BCUT2D eigenvalue weighted by Crippen LogP contribution is -2.48. The zero-order chi connectivity index (χ0) is 18.9. The smallest absolute Gasteiger partial charge is 0.326 e. The monoisotopic (exact) mass is 352 g/mol. The number of esters is 1. The maximum absolute atomic E-state index is 12.8. The Morgan fingerprint density at radius 1 is 1.28 bits per heavy atom. The van der Waals surface area contributed by atoms with Gasteiger partial charge in [0.05, 0.1) is 6.04 Å². The van der Waals surface area contributed by atoms with Gasteiger partial charge in [-0.2, -0.15) is 0 Å². The van der Waals surface area contributed by atoms with E-state index >= 15 is 0 Å². The van der Waals surface area contributed by atoms with E-state index in [4.69, 9.17) is 4.74 Å². The van der Waals surface area contributed by atoms with Crippen LogP contribution < -0.4 is 5.32 Å². The van der Waals surface area contributed by atoms with Crippen LogP contribution in [0, 0.1) is 5.92 Å². The molecule has 0 aromatic carbocycles. The van der Waals surface area contributed by atoms with Gasteiger partial charge in [0.25, 0.3) is 0 Å². The molecule has 0 aliphatic heterocycles. The maximum atomic E-state index is 12.8. The van der Waals surface area contributed by atoms with Crippen molar-refractivity contribution < 1.29 is 14.3 Å². The summed E-state index contributed by atoms with van der Waals surface area (Å²) in [5.74, 6) is 0.195. The minimum atomic E-state index is -0.537. The van der Waals surface area contributed by atoms with Crippen molar-refractivity contribution in [2.24, 2.45) is 5.92 Å². The summed E-state index contributed by atoms with van der Waals surface area (Å²) in [6.07, 6.45) is 9.72. The van der Waals surface area contributed by atoms with Gasteiger partial charge in [0, 0.05) is 7.05 Å². The highest BCUT2D eigenvalue weighted by atomic mass is 16.6. The van der Waals surface area contributed by atoms with Crippen LogP contribution in [0.2, 0.25) is 0 Å². The minimum absolute atomic E-state index is 0.0135. The summed E-state index contributed by atoms with van der Waals surface area (Å²) < 4.78 is 5.32. The largest absolute Gasteiger partial charge is 0.459 e. The molecular formula is C20H36N2O3. The lowest BCUT2D eigenvalue weighted by Gasteiger charge is -2.29. The summed E-state index contributed by atoms with van der Waals surface area (Å²) in [4.78, 5) is 26.3. The fourth-order valence-electron chi connectivity index (χ4n) is 3.30. The Morgan fingerprint density at radius 3 is 2.48 bits per heavy atom. The molecule has 1 fully saturated rings. The van der Waals surface area contributed by atoms with Crippen molar-refractivity contribution in [3.63, 3.8) is 0 Å². The van der Waals surface area contributed by atoms with E-state index in [1.54, 1.807) is 7.05 Å². The van der Waals surface area contributed by atoms with Gasteiger partial charge < -0.3 is 15.0 Å². The predicted octanol–water partition coefficient (Wildman–Crippen LogP) is 3.29. The van der Waals surface area contributed by atoms with Crippen LogP contribution in [0.4, 0.5) is 0 Å². The number of ether oxygens (including phenoxy) is 1. The van der Waals surface area contributed by atoms with Crippen molar-refractivity contribution in [2.45, 2.75) is 77.4 Å². The molecule has 0 saturated heterocycles. The van der Waals surface area contributed by atoms with E-state index in [2.05, 4.69) is 11.9 Å². The fourth-order valence-corrected chi connectivity index (χ4v) is 3.30. The van der Waals surface area contributed by atoms with Crippen molar-refractivity contribution >= 4 is 11.9 Å². The molecule has 144 valence electrons. The minimum Gasteiger partial charge on any atom is -0.459 e. The van der Waals surface area contributed by atoms with Gasteiger partial charge in [0.2, 0.25) is 5.91 Å². The molecule has 1 aliphatic carbocycles. The van der Waals surface area contributed by atoms with Crippen LogP contribution in [-0.2, 0) is 14.3 Å². The molecule has 0 aromatic heterocycles. The topological polar surface area (TPSA) is 58.6 Å². The molecule has 1 amide bonds. The van der Waals surface area contributed by atoms with Gasteiger partial charge in [0.15, 0.2) is 0 Å². The summed E-state index contributed by atoms with van der Waals surface area (Å²) in [7, 11) is 1.68. The Balaban J connectivity index is 2.61. The number of likely N-dealkylation sites (N-methyl/N-ethyl adjacent to an activating group) is 1. The van der Waals surface area contributed by atoms with Crippen LogP contribution in [-0.4, -0.2) is 48.6 Å². The summed E-state index contributed by atoms with van der Waals surface area (Å²) in [6.45, 7) is 9.93. The molecule has 0 heterocycles. The number of nitrogens with one attached hydrogen (secondary N) is 1. The first-order valence-electron chi connectivity index (χ1n) is 9.54. The molecule has 1 saturated carbocycles. The Bertz CT molecular complexity index is 437. The van der Waals surface area contributed by atoms with Crippen molar-refractivity contribution in [2.75, 3.05) is 20.1 Å². The summed E-state index contributed by atoms with van der Waals surface area (Å²) in [6, 6.07) is -0.240. The van der Waals surface area contributed by atoms with E-state index in [-0.39, 0.29) is 24.5 Å². The molecule has 0 aromatic rings. The number of hydrogen-bond donors (Lipinski definition) is 1. The van der Waals surface area contributed by atoms with Gasteiger partial charge in [-0.3, -0.25) is 9.59 Å². The van der Waals surface area contributed by atoms with Gasteiger partial charge in [-0.15, -0.1) is 6.58 Å². The van der Waals surface area contributed by atoms with E-state index in [1.165, 1.54) is 37.0 Å². The van der Waals surface area contributed by atoms with Crippen LogP contribution in [0.15, 0.2) is 12.7 Å². The molecule has 0 radical (unpaired) electrons. The normalized spacial score (nSPS) is 17.0. The molecule has 25 heavy (non-hydrogen) atoms. The second-order valence-corrected chi connectivity index (χ2v) is 8.10. The van der Waals surface area contributed by atoms with Crippen LogP contribution in [0.3, 0.4) is 0 Å². The van der Waals surface area contributed by atoms with Crippen molar-refractivity contribution in [3.05, 3.63) is 12.7 Å². The quantitative estimate of drug-likeness (QED) is 0.393. The standard InChI is InChI=1S/C20H36N2O3/c1-6-7-13-21-17(14-16-11-9-8-10-12-16)19(24)22(5)15-18(23)25-20(2,3)4/h6,16-17,21H,1,7-15H2,2-5H3/t17-/m0/s1. The van der Waals surface area contributed by atoms with Gasteiger partial charge in [-0.1, -0.05) is 38.2 Å². The molecule has 0 spiro atoms. The van der Waals surface area contributed by atoms with Crippen molar-refractivity contribution in [1.29, 1.82) is 0 Å². The van der Waals surface area contributed by atoms with Gasteiger partial charge in [0.1, 0.15) is 12.1 Å². The van der Waals surface area contributed by atoms with Crippen LogP contribution in [0.5, 0.6) is 0 Å². The van der Waals surface area contributed by atoms with Gasteiger partial charge >= 0.3 is 5.97 Å². The molecule has 5 nitrogen and oxygen atoms in total. The summed E-state index contributed by atoms with van der Waals surface area (Å²) >= 11 is 0. The Morgan fingerprint density at radius 2 is 1.92 bits per heavy atom. The second kappa shape index (κ2) is 10.6. The molecule has 0 bridgehead atoms. The summed E-state index contributed by atoms with van der Waals surface area (Å²) in [5.41, 5.74) is -0.537. The van der Waals surface area contributed by atoms with Crippen molar-refractivity contribution in [3.8, 4) is 0 Å². The molecule has 1 N–H and O–H groups in total. The predicted molar refractivity (Wildman–Crippen MR) is 101 cm³/mol.